The quantitative estimate of drug-likeness (QED) is 0.757. The summed E-state index contributed by atoms with van der Waals surface area (Å²) in [4.78, 5) is 17.9. The van der Waals surface area contributed by atoms with E-state index in [4.69, 9.17) is 9.47 Å². The highest BCUT2D eigenvalue weighted by Gasteiger charge is 2.27. The number of carbonyl (C=O) groups excluding carboxylic acids is 1. The molecule has 0 spiro atoms. The molecular weight excluding hydrogens is 246 g/mol. The molecule has 0 aromatic carbocycles. The fourth-order valence-electron chi connectivity index (χ4n) is 2.27. The number of morpholine rings is 1. The van der Waals surface area contributed by atoms with Gasteiger partial charge >= 0.3 is 5.97 Å². The molecule has 1 unspecified atom stereocenters. The monoisotopic (exact) mass is 267 g/mol. The van der Waals surface area contributed by atoms with Crippen LogP contribution in [0.15, 0.2) is 12.5 Å². The predicted octanol–water partition coefficient (Wildman–Crippen LogP) is 0.838. The molecule has 1 aromatic heterocycles. The zero-order valence-corrected chi connectivity index (χ0v) is 11.7. The molecule has 1 aliphatic heterocycles. The van der Waals surface area contributed by atoms with Crippen molar-refractivity contribution >= 4 is 5.97 Å². The van der Waals surface area contributed by atoms with E-state index in [2.05, 4.69) is 28.3 Å². The Bertz CT molecular complexity index is 431. The number of rotatable bonds is 4. The van der Waals surface area contributed by atoms with Gasteiger partial charge in [-0.05, 0) is 13.8 Å². The highest BCUT2D eigenvalue weighted by atomic mass is 16.6. The Hall–Kier alpha value is -1.40. The van der Waals surface area contributed by atoms with Crippen LogP contribution >= 0.6 is 0 Å². The minimum absolute atomic E-state index is 0.304. The molecule has 0 radical (unpaired) electrons. The van der Waals surface area contributed by atoms with Gasteiger partial charge in [-0.1, -0.05) is 0 Å². The molecular formula is C13H21N3O3. The maximum atomic E-state index is 11.5. The van der Waals surface area contributed by atoms with Crippen LogP contribution in [0, 0.1) is 0 Å². The Morgan fingerprint density at radius 1 is 1.63 bits per heavy atom. The second-order valence-electron chi connectivity index (χ2n) is 5.00. The number of methoxy groups -OCH3 is 1. The summed E-state index contributed by atoms with van der Waals surface area (Å²) in [7, 11) is 1.39. The van der Waals surface area contributed by atoms with E-state index in [0.717, 1.165) is 18.8 Å². The average Bonchev–Trinajstić information content (AvgIpc) is 2.86. The molecule has 0 bridgehead atoms. The molecule has 0 N–H and O–H groups in total. The standard InChI is InChI=1S/C13H21N3O3/c1-10(2)16-9-14-6-11(16)7-15-4-5-19-12(8-15)13(17)18-3/h6,9-10,12H,4-5,7-8H2,1-3H3. The van der Waals surface area contributed by atoms with Gasteiger partial charge in [-0.2, -0.15) is 0 Å². The van der Waals surface area contributed by atoms with E-state index < -0.39 is 6.10 Å². The van der Waals surface area contributed by atoms with Crippen molar-refractivity contribution in [1.29, 1.82) is 0 Å². The number of hydrogen-bond acceptors (Lipinski definition) is 5. The van der Waals surface area contributed by atoms with Crippen LogP contribution in [0.1, 0.15) is 25.6 Å². The third-order valence-electron chi connectivity index (χ3n) is 3.30. The van der Waals surface area contributed by atoms with Gasteiger partial charge < -0.3 is 14.0 Å². The van der Waals surface area contributed by atoms with Gasteiger partial charge in [0.05, 0.1) is 25.7 Å². The first kappa shape index (κ1) is 14.0. The first-order valence-electron chi connectivity index (χ1n) is 6.54. The van der Waals surface area contributed by atoms with Gasteiger partial charge in [-0.3, -0.25) is 4.90 Å². The van der Waals surface area contributed by atoms with Crippen molar-refractivity contribution in [1.82, 2.24) is 14.5 Å². The maximum absolute atomic E-state index is 11.5. The van der Waals surface area contributed by atoms with E-state index in [9.17, 15) is 4.79 Å². The average molecular weight is 267 g/mol. The van der Waals surface area contributed by atoms with E-state index in [1.807, 2.05) is 12.5 Å². The third kappa shape index (κ3) is 3.33. The summed E-state index contributed by atoms with van der Waals surface area (Å²) in [6.45, 7) is 6.96. The van der Waals surface area contributed by atoms with Crippen molar-refractivity contribution in [2.24, 2.45) is 0 Å². The molecule has 2 heterocycles. The molecule has 1 aliphatic rings. The summed E-state index contributed by atoms with van der Waals surface area (Å²) in [6, 6.07) is 0.384. The van der Waals surface area contributed by atoms with Crippen LogP contribution in [0.3, 0.4) is 0 Å². The maximum Gasteiger partial charge on any atom is 0.336 e. The smallest absolute Gasteiger partial charge is 0.336 e. The second kappa shape index (κ2) is 6.16. The highest BCUT2D eigenvalue weighted by molar-refractivity contribution is 5.74. The third-order valence-corrected chi connectivity index (χ3v) is 3.30. The largest absolute Gasteiger partial charge is 0.467 e. The van der Waals surface area contributed by atoms with Gasteiger partial charge in [0.2, 0.25) is 0 Å². The Labute approximate surface area is 113 Å². The molecule has 106 valence electrons. The topological polar surface area (TPSA) is 56.6 Å². The molecule has 19 heavy (non-hydrogen) atoms. The summed E-state index contributed by atoms with van der Waals surface area (Å²) in [6.07, 6.45) is 3.25. The van der Waals surface area contributed by atoms with Gasteiger partial charge in [-0.25, -0.2) is 9.78 Å². The van der Waals surface area contributed by atoms with Crippen LogP contribution in [-0.4, -0.2) is 53.3 Å². The van der Waals surface area contributed by atoms with Gasteiger partial charge in [0.25, 0.3) is 0 Å². The highest BCUT2D eigenvalue weighted by Crippen LogP contribution is 2.14. The zero-order chi connectivity index (χ0) is 13.8. The van der Waals surface area contributed by atoms with Crippen molar-refractivity contribution < 1.29 is 14.3 Å². The molecule has 6 heteroatoms. The fraction of sp³-hybridized carbons (Fsp3) is 0.692. The Balaban J connectivity index is 1.99. The Kier molecular flexibility index (Phi) is 4.55. The normalized spacial score (nSPS) is 20.7. The summed E-state index contributed by atoms with van der Waals surface area (Å²) < 4.78 is 12.3. The number of esters is 1. The van der Waals surface area contributed by atoms with E-state index in [1.54, 1.807) is 0 Å². The summed E-state index contributed by atoms with van der Waals surface area (Å²) in [5.41, 5.74) is 1.15. The van der Waals surface area contributed by atoms with Crippen LogP contribution in [-0.2, 0) is 20.8 Å². The lowest BCUT2D eigenvalue weighted by atomic mass is 10.2. The van der Waals surface area contributed by atoms with E-state index in [0.29, 0.717) is 19.2 Å². The molecule has 1 saturated heterocycles. The van der Waals surface area contributed by atoms with Gasteiger partial charge in [0, 0.05) is 31.9 Å². The minimum Gasteiger partial charge on any atom is -0.467 e. The van der Waals surface area contributed by atoms with Gasteiger partial charge in [0.1, 0.15) is 0 Å². The Morgan fingerprint density at radius 3 is 3.11 bits per heavy atom. The molecule has 1 fully saturated rings. The van der Waals surface area contributed by atoms with Crippen LogP contribution in [0.2, 0.25) is 0 Å². The Morgan fingerprint density at radius 2 is 2.42 bits per heavy atom. The predicted molar refractivity (Wildman–Crippen MR) is 69.6 cm³/mol. The van der Waals surface area contributed by atoms with Crippen molar-refractivity contribution in [3.8, 4) is 0 Å². The summed E-state index contributed by atoms with van der Waals surface area (Å²) in [5, 5.41) is 0. The molecule has 6 nitrogen and oxygen atoms in total. The van der Waals surface area contributed by atoms with Crippen molar-refractivity contribution in [3.63, 3.8) is 0 Å². The van der Waals surface area contributed by atoms with E-state index >= 15 is 0 Å². The first-order valence-corrected chi connectivity index (χ1v) is 6.54. The SMILES string of the molecule is COC(=O)C1CN(Cc2cncn2C(C)C)CCO1. The molecule has 1 atom stereocenters. The zero-order valence-electron chi connectivity index (χ0n) is 11.7. The van der Waals surface area contributed by atoms with Gasteiger partial charge in [-0.15, -0.1) is 0 Å². The van der Waals surface area contributed by atoms with E-state index in [-0.39, 0.29) is 5.97 Å². The minimum atomic E-state index is -0.478. The first-order chi connectivity index (χ1) is 9.11. The lowest BCUT2D eigenvalue weighted by Crippen LogP contribution is -2.46. The number of hydrogen-bond donors (Lipinski definition) is 0. The van der Waals surface area contributed by atoms with E-state index in [1.165, 1.54) is 7.11 Å². The number of nitrogens with zero attached hydrogens (tertiary/aromatic N) is 3. The summed E-state index contributed by atoms with van der Waals surface area (Å²) >= 11 is 0. The molecule has 0 aliphatic carbocycles. The number of aromatic nitrogens is 2. The van der Waals surface area contributed by atoms with Gasteiger partial charge in [0.15, 0.2) is 6.10 Å². The second-order valence-corrected chi connectivity index (χ2v) is 5.00. The fourth-order valence-corrected chi connectivity index (χ4v) is 2.27. The van der Waals surface area contributed by atoms with Crippen LogP contribution in [0.5, 0.6) is 0 Å². The molecule has 0 saturated carbocycles. The van der Waals surface area contributed by atoms with Crippen molar-refractivity contribution in [3.05, 3.63) is 18.2 Å². The summed E-state index contributed by atoms with van der Waals surface area (Å²) in [5.74, 6) is -0.304. The number of ether oxygens (including phenoxy) is 2. The lowest BCUT2D eigenvalue weighted by molar-refractivity contribution is -0.160. The van der Waals surface area contributed by atoms with Crippen LogP contribution in [0.4, 0.5) is 0 Å². The molecule has 2 rings (SSSR count). The van der Waals surface area contributed by atoms with Crippen LogP contribution in [0.25, 0.3) is 0 Å². The number of imidazole rings is 1. The van der Waals surface area contributed by atoms with Crippen molar-refractivity contribution in [2.45, 2.75) is 32.5 Å². The molecule has 0 amide bonds. The molecule has 1 aromatic rings. The lowest BCUT2D eigenvalue weighted by Gasteiger charge is -2.31. The van der Waals surface area contributed by atoms with Crippen molar-refractivity contribution in [2.75, 3.05) is 26.8 Å². The van der Waals surface area contributed by atoms with Crippen LogP contribution < -0.4 is 0 Å². The number of carbonyl (C=O) groups is 1.